The second-order valence-electron chi connectivity index (χ2n) is 4.81. The number of carbonyl (C=O) groups excluding carboxylic acids is 1. The van der Waals surface area contributed by atoms with Gasteiger partial charge in [0.1, 0.15) is 0 Å². The summed E-state index contributed by atoms with van der Waals surface area (Å²) in [7, 11) is 0. The number of nitrogens with zero attached hydrogens (tertiary/aromatic N) is 1. The van der Waals surface area contributed by atoms with Crippen molar-refractivity contribution in [3.8, 4) is 0 Å². The van der Waals surface area contributed by atoms with Crippen molar-refractivity contribution in [2.24, 2.45) is 0 Å². The minimum absolute atomic E-state index is 0.00540. The van der Waals surface area contributed by atoms with Gasteiger partial charge >= 0.3 is 6.03 Å². The van der Waals surface area contributed by atoms with E-state index in [0.29, 0.717) is 11.1 Å². The van der Waals surface area contributed by atoms with Crippen molar-refractivity contribution in [1.29, 1.82) is 0 Å². The molecule has 2 atom stereocenters. The second-order valence-corrected chi connectivity index (χ2v) is 5.24. The monoisotopic (exact) mass is 262 g/mol. The molecule has 3 rings (SSSR count). The van der Waals surface area contributed by atoms with Crippen LogP contribution >= 0.6 is 11.6 Å². The van der Waals surface area contributed by atoms with Gasteiger partial charge in [0.15, 0.2) is 0 Å². The Morgan fingerprint density at radius 1 is 1.28 bits per heavy atom. The number of halogens is 1. The van der Waals surface area contributed by atoms with Crippen LogP contribution in [-0.2, 0) is 0 Å². The molecule has 0 aliphatic carbocycles. The van der Waals surface area contributed by atoms with Crippen LogP contribution < -0.4 is 5.32 Å². The molecule has 1 aromatic rings. The summed E-state index contributed by atoms with van der Waals surface area (Å²) >= 11 is 5.82. The number of hydrogen-bond donors (Lipinski definition) is 1. The summed E-state index contributed by atoms with van der Waals surface area (Å²) < 4.78 is 0. The highest BCUT2D eigenvalue weighted by Crippen LogP contribution is 2.32. The van der Waals surface area contributed by atoms with Crippen LogP contribution in [0.5, 0.6) is 0 Å². The number of hydrogen-bond acceptors (Lipinski definition) is 1. The van der Waals surface area contributed by atoms with Crippen molar-refractivity contribution < 1.29 is 4.79 Å². The van der Waals surface area contributed by atoms with Gasteiger partial charge in [0.25, 0.3) is 0 Å². The molecule has 1 fully saturated rings. The Kier molecular flexibility index (Phi) is 3.00. The van der Waals surface area contributed by atoms with E-state index in [1.165, 1.54) is 0 Å². The number of fused-ring (bicyclic) bond motifs is 2. The molecule has 0 radical (unpaired) electrons. The molecule has 1 aromatic carbocycles. The number of carbonyl (C=O) groups is 1. The quantitative estimate of drug-likeness (QED) is 0.770. The fraction of sp³-hybridized carbons (Fsp3) is 0.357. The second kappa shape index (κ2) is 4.65. The first-order valence-corrected chi connectivity index (χ1v) is 6.63. The van der Waals surface area contributed by atoms with Gasteiger partial charge in [0, 0.05) is 16.8 Å². The molecule has 2 unspecified atom stereocenters. The molecule has 18 heavy (non-hydrogen) atoms. The molecule has 4 heteroatoms. The number of benzene rings is 1. The summed E-state index contributed by atoms with van der Waals surface area (Å²) in [5.41, 5.74) is 0.790. The van der Waals surface area contributed by atoms with E-state index in [-0.39, 0.29) is 12.1 Å². The van der Waals surface area contributed by atoms with Crippen molar-refractivity contribution in [2.45, 2.75) is 31.3 Å². The van der Waals surface area contributed by atoms with Crippen LogP contribution in [0.2, 0.25) is 5.02 Å². The van der Waals surface area contributed by atoms with E-state index in [4.69, 9.17) is 11.6 Å². The Morgan fingerprint density at radius 2 is 2.06 bits per heavy atom. The number of anilines is 1. The average Bonchev–Trinajstić information content (AvgIpc) is 2.62. The predicted molar refractivity (Wildman–Crippen MR) is 72.9 cm³/mol. The van der Waals surface area contributed by atoms with Crippen LogP contribution in [0.25, 0.3) is 0 Å². The molecule has 0 aromatic heterocycles. The van der Waals surface area contributed by atoms with E-state index in [2.05, 4.69) is 17.5 Å². The minimum atomic E-state index is -0.00540. The van der Waals surface area contributed by atoms with Crippen LogP contribution in [0.3, 0.4) is 0 Å². The number of urea groups is 1. The molecule has 2 bridgehead atoms. The molecule has 2 heterocycles. The van der Waals surface area contributed by atoms with Gasteiger partial charge in [-0.05, 0) is 43.5 Å². The Balaban J connectivity index is 1.72. The Hall–Kier alpha value is -1.48. The van der Waals surface area contributed by atoms with Gasteiger partial charge in [-0.25, -0.2) is 4.79 Å². The lowest BCUT2D eigenvalue weighted by Crippen LogP contribution is -2.44. The topological polar surface area (TPSA) is 32.3 Å². The molecular formula is C14H15ClN2O. The first-order valence-electron chi connectivity index (χ1n) is 6.25. The summed E-state index contributed by atoms with van der Waals surface area (Å²) in [5, 5.41) is 3.61. The zero-order valence-corrected chi connectivity index (χ0v) is 10.7. The van der Waals surface area contributed by atoms with Crippen molar-refractivity contribution in [3.63, 3.8) is 0 Å². The van der Waals surface area contributed by atoms with Gasteiger partial charge < -0.3 is 10.2 Å². The van der Waals surface area contributed by atoms with Gasteiger partial charge in [0.05, 0.1) is 6.04 Å². The smallest absolute Gasteiger partial charge is 0.315 e. The third kappa shape index (κ3) is 2.10. The molecule has 0 saturated carbocycles. The number of rotatable bonds is 1. The average molecular weight is 263 g/mol. The molecule has 3 nitrogen and oxygen atoms in total. The van der Waals surface area contributed by atoms with Gasteiger partial charge in [-0.15, -0.1) is 0 Å². The largest absolute Gasteiger partial charge is 0.322 e. The van der Waals surface area contributed by atoms with Gasteiger partial charge in [-0.2, -0.15) is 0 Å². The lowest BCUT2D eigenvalue weighted by atomic mass is 10.1. The van der Waals surface area contributed by atoms with Crippen molar-refractivity contribution >= 4 is 23.3 Å². The molecular weight excluding hydrogens is 248 g/mol. The summed E-state index contributed by atoms with van der Waals surface area (Å²) in [4.78, 5) is 14.2. The maximum absolute atomic E-state index is 12.3. The standard InChI is InChI=1S/C14H15ClN2O/c15-10-4-6-11(7-5-10)16-14(18)17-12-2-1-3-13(17)9-8-12/h1-2,4-7,12-13H,3,8-9H2,(H,16,18). The molecule has 2 amide bonds. The molecule has 1 N–H and O–H groups in total. The third-order valence-electron chi connectivity index (χ3n) is 3.64. The van der Waals surface area contributed by atoms with Crippen molar-refractivity contribution in [1.82, 2.24) is 4.90 Å². The van der Waals surface area contributed by atoms with Gasteiger partial charge in [0.2, 0.25) is 0 Å². The van der Waals surface area contributed by atoms with E-state index in [9.17, 15) is 4.79 Å². The summed E-state index contributed by atoms with van der Waals surface area (Å²) in [6, 6.07) is 7.84. The maximum Gasteiger partial charge on any atom is 0.322 e. The Morgan fingerprint density at radius 3 is 2.78 bits per heavy atom. The fourth-order valence-corrected chi connectivity index (χ4v) is 2.89. The summed E-state index contributed by atoms with van der Waals surface area (Å²) in [6.07, 6.45) is 7.49. The summed E-state index contributed by atoms with van der Waals surface area (Å²) in [5.74, 6) is 0. The van der Waals surface area contributed by atoms with Crippen LogP contribution in [0.15, 0.2) is 36.4 Å². The van der Waals surface area contributed by atoms with E-state index in [1.54, 1.807) is 12.1 Å². The molecule has 2 aliphatic heterocycles. The van der Waals surface area contributed by atoms with Crippen LogP contribution in [0.1, 0.15) is 19.3 Å². The van der Waals surface area contributed by atoms with Crippen LogP contribution in [0, 0.1) is 0 Å². The van der Waals surface area contributed by atoms with Crippen LogP contribution in [-0.4, -0.2) is 23.0 Å². The Labute approximate surface area is 111 Å². The number of amides is 2. The van der Waals surface area contributed by atoms with Crippen molar-refractivity contribution in [3.05, 3.63) is 41.4 Å². The highest BCUT2D eigenvalue weighted by Gasteiger charge is 2.36. The van der Waals surface area contributed by atoms with Gasteiger partial charge in [-0.3, -0.25) is 0 Å². The normalized spacial score (nSPS) is 25.3. The minimum Gasteiger partial charge on any atom is -0.315 e. The van der Waals surface area contributed by atoms with Crippen molar-refractivity contribution in [2.75, 3.05) is 5.32 Å². The maximum atomic E-state index is 12.3. The first-order chi connectivity index (χ1) is 8.74. The van der Waals surface area contributed by atoms with E-state index < -0.39 is 0 Å². The third-order valence-corrected chi connectivity index (χ3v) is 3.89. The SMILES string of the molecule is O=C(Nc1ccc(Cl)cc1)N1C2C=CCC1CC2. The van der Waals surface area contributed by atoms with Gasteiger partial charge in [-0.1, -0.05) is 23.8 Å². The number of nitrogens with one attached hydrogen (secondary N) is 1. The summed E-state index contributed by atoms with van der Waals surface area (Å²) in [6.45, 7) is 0. The fourth-order valence-electron chi connectivity index (χ4n) is 2.76. The zero-order valence-electron chi connectivity index (χ0n) is 9.97. The molecule has 2 aliphatic rings. The molecule has 94 valence electrons. The lowest BCUT2D eigenvalue weighted by Gasteiger charge is -2.31. The Bertz CT molecular complexity index is 483. The highest BCUT2D eigenvalue weighted by molar-refractivity contribution is 6.30. The van der Waals surface area contributed by atoms with Crippen LogP contribution in [0.4, 0.5) is 10.5 Å². The predicted octanol–water partition coefficient (Wildman–Crippen LogP) is 3.66. The first kappa shape index (κ1) is 11.6. The van der Waals surface area contributed by atoms with E-state index in [0.717, 1.165) is 24.9 Å². The molecule has 0 spiro atoms. The lowest BCUT2D eigenvalue weighted by molar-refractivity contribution is 0.192. The van der Waals surface area contributed by atoms with E-state index >= 15 is 0 Å². The highest BCUT2D eigenvalue weighted by atomic mass is 35.5. The molecule has 1 saturated heterocycles. The zero-order chi connectivity index (χ0) is 12.5. The van der Waals surface area contributed by atoms with E-state index in [1.807, 2.05) is 17.0 Å².